The first-order chi connectivity index (χ1) is 7.27. The molecule has 0 aromatic rings. The summed E-state index contributed by atoms with van der Waals surface area (Å²) in [5.74, 6) is 0. The molecular formula is C13H26BrN. The van der Waals surface area contributed by atoms with Gasteiger partial charge in [-0.05, 0) is 13.0 Å². The quantitative estimate of drug-likeness (QED) is 0.543. The lowest BCUT2D eigenvalue weighted by molar-refractivity contribution is 0.563. The summed E-state index contributed by atoms with van der Waals surface area (Å²) in [5, 5.41) is 3.35. The fourth-order valence-electron chi connectivity index (χ4n) is 1.61. The molecule has 0 radical (unpaired) electrons. The van der Waals surface area contributed by atoms with Crippen LogP contribution in [0.2, 0.25) is 0 Å². The van der Waals surface area contributed by atoms with Gasteiger partial charge >= 0.3 is 0 Å². The molecule has 1 nitrogen and oxygen atoms in total. The van der Waals surface area contributed by atoms with Crippen LogP contribution in [0.5, 0.6) is 0 Å². The minimum atomic E-state index is 0.899. The summed E-state index contributed by atoms with van der Waals surface area (Å²) in [6.07, 6.45) is 11.1. The number of hydrogen-bond acceptors (Lipinski definition) is 1. The van der Waals surface area contributed by atoms with E-state index >= 15 is 0 Å². The molecule has 0 heterocycles. The molecule has 0 bridgehead atoms. The van der Waals surface area contributed by atoms with Crippen molar-refractivity contribution >= 4 is 15.9 Å². The maximum atomic E-state index is 3.79. The predicted molar refractivity (Wildman–Crippen MR) is 73.5 cm³/mol. The van der Waals surface area contributed by atoms with E-state index in [1.54, 1.807) is 0 Å². The Bertz CT molecular complexity index is 145. The van der Waals surface area contributed by atoms with Gasteiger partial charge in [0.05, 0.1) is 0 Å². The van der Waals surface area contributed by atoms with E-state index < -0.39 is 0 Å². The first kappa shape index (κ1) is 15.2. The molecule has 0 spiro atoms. The van der Waals surface area contributed by atoms with Gasteiger partial charge in [0.1, 0.15) is 0 Å². The van der Waals surface area contributed by atoms with Crippen molar-refractivity contribution in [1.82, 2.24) is 5.32 Å². The Balaban J connectivity index is 2.89. The topological polar surface area (TPSA) is 12.0 Å². The first-order valence-electron chi connectivity index (χ1n) is 6.31. The second-order valence-corrected chi connectivity index (χ2v) is 5.29. The highest BCUT2D eigenvalue weighted by Crippen LogP contribution is 2.07. The van der Waals surface area contributed by atoms with Gasteiger partial charge in [-0.1, -0.05) is 74.4 Å². The number of rotatable bonds is 11. The van der Waals surface area contributed by atoms with Crippen molar-refractivity contribution in [3.63, 3.8) is 0 Å². The van der Waals surface area contributed by atoms with E-state index in [0.29, 0.717) is 0 Å². The van der Waals surface area contributed by atoms with Gasteiger partial charge in [0.2, 0.25) is 0 Å². The Labute approximate surface area is 104 Å². The molecule has 0 fully saturated rings. The third-order valence-electron chi connectivity index (χ3n) is 2.52. The Hall–Kier alpha value is 0.180. The van der Waals surface area contributed by atoms with E-state index in [4.69, 9.17) is 0 Å². The van der Waals surface area contributed by atoms with Gasteiger partial charge < -0.3 is 5.32 Å². The number of hydrogen-bond donors (Lipinski definition) is 1. The summed E-state index contributed by atoms with van der Waals surface area (Å²) in [6, 6.07) is 0. The molecule has 0 aliphatic heterocycles. The minimum Gasteiger partial charge on any atom is -0.312 e. The van der Waals surface area contributed by atoms with Crippen molar-refractivity contribution in [3.05, 3.63) is 11.1 Å². The van der Waals surface area contributed by atoms with Gasteiger partial charge in [-0.2, -0.15) is 0 Å². The Morgan fingerprint density at radius 3 is 2.07 bits per heavy atom. The van der Waals surface area contributed by atoms with Crippen molar-refractivity contribution in [2.24, 2.45) is 0 Å². The van der Waals surface area contributed by atoms with Crippen LogP contribution >= 0.6 is 15.9 Å². The molecule has 0 unspecified atom stereocenters. The molecule has 0 aliphatic rings. The van der Waals surface area contributed by atoms with Gasteiger partial charge in [0, 0.05) is 11.0 Å². The van der Waals surface area contributed by atoms with E-state index in [1.807, 2.05) is 0 Å². The predicted octanol–water partition coefficient (Wildman–Crippen LogP) is 4.63. The third kappa shape index (κ3) is 14.2. The second kappa shape index (κ2) is 12.3. The summed E-state index contributed by atoms with van der Waals surface area (Å²) in [7, 11) is 0. The van der Waals surface area contributed by atoms with Crippen molar-refractivity contribution in [2.45, 2.75) is 58.3 Å². The van der Waals surface area contributed by atoms with Gasteiger partial charge in [0.15, 0.2) is 0 Å². The lowest BCUT2D eigenvalue weighted by Gasteiger charge is -2.03. The van der Waals surface area contributed by atoms with Crippen LogP contribution in [-0.4, -0.2) is 13.1 Å². The smallest absolute Gasteiger partial charge is 0.0265 e. The zero-order chi connectivity index (χ0) is 11.4. The molecule has 0 amide bonds. The average molecular weight is 276 g/mol. The van der Waals surface area contributed by atoms with E-state index in [1.165, 1.54) is 51.4 Å². The minimum absolute atomic E-state index is 0.899. The Morgan fingerprint density at radius 1 is 1.00 bits per heavy atom. The van der Waals surface area contributed by atoms with Crippen molar-refractivity contribution < 1.29 is 0 Å². The van der Waals surface area contributed by atoms with E-state index in [2.05, 4.69) is 34.7 Å². The molecule has 0 rings (SSSR count). The van der Waals surface area contributed by atoms with Crippen LogP contribution in [0.4, 0.5) is 0 Å². The SMILES string of the molecule is C=C(Br)CNCCCCCCCCCC. The van der Waals surface area contributed by atoms with Gasteiger partial charge in [-0.25, -0.2) is 0 Å². The fourth-order valence-corrected chi connectivity index (χ4v) is 1.81. The maximum absolute atomic E-state index is 3.79. The fraction of sp³-hybridized carbons (Fsp3) is 0.846. The lowest BCUT2D eigenvalue weighted by atomic mass is 10.1. The Kier molecular flexibility index (Phi) is 12.4. The normalized spacial score (nSPS) is 10.5. The maximum Gasteiger partial charge on any atom is 0.0265 e. The standard InChI is InChI=1S/C13H26BrN/c1-3-4-5-6-7-8-9-10-11-15-12-13(2)14/h15H,2-12H2,1H3. The highest BCUT2D eigenvalue weighted by Gasteiger charge is 1.92. The molecule has 1 N–H and O–H groups in total. The molecule has 90 valence electrons. The highest BCUT2D eigenvalue weighted by molar-refractivity contribution is 9.11. The molecule has 15 heavy (non-hydrogen) atoms. The summed E-state index contributed by atoms with van der Waals surface area (Å²) in [4.78, 5) is 0. The summed E-state index contributed by atoms with van der Waals surface area (Å²) in [5.41, 5.74) is 0. The van der Waals surface area contributed by atoms with Crippen LogP contribution in [0.25, 0.3) is 0 Å². The molecule has 0 saturated carbocycles. The van der Waals surface area contributed by atoms with Crippen LogP contribution in [0.3, 0.4) is 0 Å². The second-order valence-electron chi connectivity index (χ2n) is 4.17. The van der Waals surface area contributed by atoms with Crippen LogP contribution in [0, 0.1) is 0 Å². The van der Waals surface area contributed by atoms with Crippen LogP contribution in [-0.2, 0) is 0 Å². The molecule has 0 saturated heterocycles. The highest BCUT2D eigenvalue weighted by atomic mass is 79.9. The van der Waals surface area contributed by atoms with Crippen molar-refractivity contribution in [3.8, 4) is 0 Å². The van der Waals surface area contributed by atoms with Crippen molar-refractivity contribution in [2.75, 3.05) is 13.1 Å². The summed E-state index contributed by atoms with van der Waals surface area (Å²) >= 11 is 3.34. The van der Waals surface area contributed by atoms with Gasteiger partial charge in [0.25, 0.3) is 0 Å². The van der Waals surface area contributed by atoms with E-state index in [9.17, 15) is 0 Å². The molecule has 2 heteroatoms. The third-order valence-corrected chi connectivity index (χ3v) is 2.80. The van der Waals surface area contributed by atoms with E-state index in [0.717, 1.165) is 17.6 Å². The zero-order valence-corrected chi connectivity index (χ0v) is 11.7. The molecule has 0 aromatic heterocycles. The molecule has 0 aromatic carbocycles. The van der Waals surface area contributed by atoms with Crippen LogP contribution in [0.1, 0.15) is 58.3 Å². The van der Waals surface area contributed by atoms with Crippen LogP contribution < -0.4 is 5.32 Å². The molecule has 0 atom stereocenters. The lowest BCUT2D eigenvalue weighted by Crippen LogP contribution is -2.16. The molecular weight excluding hydrogens is 250 g/mol. The van der Waals surface area contributed by atoms with E-state index in [-0.39, 0.29) is 0 Å². The summed E-state index contributed by atoms with van der Waals surface area (Å²) in [6.45, 7) is 8.08. The largest absolute Gasteiger partial charge is 0.312 e. The molecule has 0 aliphatic carbocycles. The Morgan fingerprint density at radius 2 is 1.53 bits per heavy atom. The number of unbranched alkanes of at least 4 members (excludes halogenated alkanes) is 7. The monoisotopic (exact) mass is 275 g/mol. The number of nitrogens with one attached hydrogen (secondary N) is 1. The average Bonchev–Trinajstić information content (AvgIpc) is 2.20. The summed E-state index contributed by atoms with van der Waals surface area (Å²) < 4.78 is 1.04. The zero-order valence-electron chi connectivity index (χ0n) is 10.2. The first-order valence-corrected chi connectivity index (χ1v) is 7.10. The van der Waals surface area contributed by atoms with Crippen LogP contribution in [0.15, 0.2) is 11.1 Å². The number of halogens is 1. The van der Waals surface area contributed by atoms with Gasteiger partial charge in [-0.3, -0.25) is 0 Å². The van der Waals surface area contributed by atoms with Gasteiger partial charge in [-0.15, -0.1) is 0 Å². The van der Waals surface area contributed by atoms with Crippen molar-refractivity contribution in [1.29, 1.82) is 0 Å².